The van der Waals surface area contributed by atoms with Crippen LogP contribution in [0.4, 0.5) is 10.1 Å². The molecule has 0 unspecified atom stereocenters. The van der Waals surface area contributed by atoms with Crippen LogP contribution in [0.15, 0.2) is 47.5 Å². The predicted molar refractivity (Wildman–Crippen MR) is 91.2 cm³/mol. The summed E-state index contributed by atoms with van der Waals surface area (Å²) in [6.07, 6.45) is 3.02. The van der Waals surface area contributed by atoms with E-state index in [0.29, 0.717) is 18.0 Å². The third-order valence-electron chi connectivity index (χ3n) is 4.02. The number of nitrogens with one attached hydrogen (secondary N) is 1. The summed E-state index contributed by atoms with van der Waals surface area (Å²) in [6.45, 7) is 1.44. The van der Waals surface area contributed by atoms with Gasteiger partial charge in [0.15, 0.2) is 0 Å². The Kier molecular flexibility index (Phi) is 5.03. The summed E-state index contributed by atoms with van der Waals surface area (Å²) in [7, 11) is -3.63. The minimum Gasteiger partial charge on any atom is -0.371 e. The first-order valence-electron chi connectivity index (χ1n) is 7.58. The molecule has 1 saturated heterocycles. The largest absolute Gasteiger partial charge is 0.371 e. The van der Waals surface area contributed by atoms with Crippen LogP contribution in [-0.4, -0.2) is 32.5 Å². The van der Waals surface area contributed by atoms with Gasteiger partial charge in [0.25, 0.3) is 0 Å². The molecule has 5 nitrogen and oxygen atoms in total. The summed E-state index contributed by atoms with van der Waals surface area (Å²) >= 11 is 5.90. The van der Waals surface area contributed by atoms with Crippen molar-refractivity contribution in [2.45, 2.75) is 23.8 Å². The SMILES string of the molecule is O=S(=O)(NC1CCN(c2ccnc(Cl)c2)CC1)c1ccc(F)cc1. The fraction of sp³-hybridized carbons (Fsp3) is 0.312. The highest BCUT2D eigenvalue weighted by Gasteiger charge is 2.25. The van der Waals surface area contributed by atoms with Crippen LogP contribution in [0.2, 0.25) is 5.15 Å². The maximum absolute atomic E-state index is 12.9. The standard InChI is InChI=1S/C16H17ClFN3O2S/c17-16-11-14(5-8-19-16)21-9-6-13(7-10-21)20-24(22,23)15-3-1-12(18)2-4-15/h1-5,8,11,13,20H,6-7,9-10H2. The number of hydrogen-bond donors (Lipinski definition) is 1. The Morgan fingerprint density at radius 1 is 1.17 bits per heavy atom. The smallest absolute Gasteiger partial charge is 0.240 e. The number of hydrogen-bond acceptors (Lipinski definition) is 4. The number of anilines is 1. The second kappa shape index (κ2) is 7.04. The van der Waals surface area contributed by atoms with Crippen LogP contribution < -0.4 is 9.62 Å². The minimum absolute atomic E-state index is 0.0762. The molecule has 0 saturated carbocycles. The van der Waals surface area contributed by atoms with E-state index < -0.39 is 15.8 Å². The van der Waals surface area contributed by atoms with Crippen LogP contribution in [0.1, 0.15) is 12.8 Å². The number of benzene rings is 1. The molecule has 1 aliphatic heterocycles. The van der Waals surface area contributed by atoms with Crippen LogP contribution in [-0.2, 0) is 10.0 Å². The Hall–Kier alpha value is -1.70. The van der Waals surface area contributed by atoms with Crippen molar-refractivity contribution >= 4 is 27.3 Å². The second-order valence-electron chi connectivity index (χ2n) is 5.67. The van der Waals surface area contributed by atoms with Crippen molar-refractivity contribution in [2.75, 3.05) is 18.0 Å². The lowest BCUT2D eigenvalue weighted by atomic mass is 10.1. The number of sulfonamides is 1. The van der Waals surface area contributed by atoms with E-state index in [9.17, 15) is 12.8 Å². The average molecular weight is 370 g/mol. The molecule has 1 N–H and O–H groups in total. The highest BCUT2D eigenvalue weighted by atomic mass is 35.5. The molecule has 3 rings (SSSR count). The first-order valence-corrected chi connectivity index (χ1v) is 9.44. The number of rotatable bonds is 4. The van der Waals surface area contributed by atoms with Gasteiger partial charge in [0.2, 0.25) is 10.0 Å². The molecule has 0 bridgehead atoms. The molecule has 8 heteroatoms. The Balaban J connectivity index is 1.62. The van der Waals surface area contributed by atoms with Gasteiger partial charge in [-0.05, 0) is 49.2 Å². The third kappa shape index (κ3) is 4.03. The predicted octanol–water partition coefficient (Wildman–Crippen LogP) is 2.82. The number of halogens is 2. The molecule has 1 fully saturated rings. The molecule has 2 aromatic rings. The van der Waals surface area contributed by atoms with Crippen molar-refractivity contribution in [3.05, 3.63) is 53.6 Å². The van der Waals surface area contributed by atoms with Gasteiger partial charge in [0.1, 0.15) is 11.0 Å². The molecule has 1 aromatic carbocycles. The van der Waals surface area contributed by atoms with Gasteiger partial charge < -0.3 is 4.90 Å². The van der Waals surface area contributed by atoms with Crippen LogP contribution in [0.3, 0.4) is 0 Å². The van der Waals surface area contributed by atoms with Crippen molar-refractivity contribution < 1.29 is 12.8 Å². The van der Waals surface area contributed by atoms with Crippen LogP contribution in [0.5, 0.6) is 0 Å². The third-order valence-corrected chi connectivity index (χ3v) is 5.76. The quantitative estimate of drug-likeness (QED) is 0.842. The molecule has 1 aromatic heterocycles. The molecule has 2 heterocycles. The number of aromatic nitrogens is 1. The second-order valence-corrected chi connectivity index (χ2v) is 7.77. The van der Waals surface area contributed by atoms with E-state index in [-0.39, 0.29) is 10.9 Å². The highest BCUT2D eigenvalue weighted by molar-refractivity contribution is 7.89. The summed E-state index contributed by atoms with van der Waals surface area (Å²) in [5, 5.41) is 0.437. The molecule has 0 spiro atoms. The maximum Gasteiger partial charge on any atom is 0.240 e. The van der Waals surface area contributed by atoms with E-state index in [0.717, 1.165) is 30.9 Å². The molecule has 0 aliphatic carbocycles. The normalized spacial score (nSPS) is 16.3. The molecule has 0 radical (unpaired) electrons. The molecular formula is C16H17ClFN3O2S. The lowest BCUT2D eigenvalue weighted by Crippen LogP contribution is -2.44. The topological polar surface area (TPSA) is 62.3 Å². The zero-order chi connectivity index (χ0) is 17.2. The number of pyridine rings is 1. The van der Waals surface area contributed by atoms with Crippen molar-refractivity contribution in [2.24, 2.45) is 0 Å². The van der Waals surface area contributed by atoms with E-state index in [1.165, 1.54) is 12.1 Å². The average Bonchev–Trinajstić information content (AvgIpc) is 2.55. The van der Waals surface area contributed by atoms with E-state index >= 15 is 0 Å². The van der Waals surface area contributed by atoms with Crippen LogP contribution in [0, 0.1) is 5.82 Å². The summed E-state index contributed by atoms with van der Waals surface area (Å²) < 4.78 is 40.3. The van der Waals surface area contributed by atoms with Gasteiger partial charge in [0.05, 0.1) is 4.90 Å². The zero-order valence-electron chi connectivity index (χ0n) is 12.8. The van der Waals surface area contributed by atoms with E-state index in [1.807, 2.05) is 6.07 Å². The Morgan fingerprint density at radius 3 is 2.46 bits per heavy atom. The van der Waals surface area contributed by atoms with Gasteiger partial charge >= 0.3 is 0 Å². The highest BCUT2D eigenvalue weighted by Crippen LogP contribution is 2.22. The van der Waals surface area contributed by atoms with Crippen molar-refractivity contribution in [3.63, 3.8) is 0 Å². The van der Waals surface area contributed by atoms with Gasteiger partial charge in [-0.15, -0.1) is 0 Å². The summed E-state index contributed by atoms with van der Waals surface area (Å²) in [5.74, 6) is -0.460. The fourth-order valence-corrected chi connectivity index (χ4v) is 4.22. The molecule has 24 heavy (non-hydrogen) atoms. The molecule has 128 valence electrons. The van der Waals surface area contributed by atoms with E-state index in [2.05, 4.69) is 14.6 Å². The van der Waals surface area contributed by atoms with Gasteiger partial charge in [-0.25, -0.2) is 22.5 Å². The summed E-state index contributed by atoms with van der Waals surface area (Å²) in [4.78, 5) is 6.18. The molecule has 1 aliphatic rings. The van der Waals surface area contributed by atoms with Crippen molar-refractivity contribution in [1.82, 2.24) is 9.71 Å². The van der Waals surface area contributed by atoms with Crippen molar-refractivity contribution in [1.29, 1.82) is 0 Å². The van der Waals surface area contributed by atoms with Gasteiger partial charge in [-0.2, -0.15) is 0 Å². The summed E-state index contributed by atoms with van der Waals surface area (Å²) in [5.41, 5.74) is 0.981. The van der Waals surface area contributed by atoms with E-state index in [4.69, 9.17) is 11.6 Å². The van der Waals surface area contributed by atoms with Crippen LogP contribution >= 0.6 is 11.6 Å². The first-order chi connectivity index (χ1) is 11.4. The zero-order valence-corrected chi connectivity index (χ0v) is 14.4. The van der Waals surface area contributed by atoms with Gasteiger partial charge in [-0.3, -0.25) is 0 Å². The minimum atomic E-state index is -3.63. The van der Waals surface area contributed by atoms with Crippen LogP contribution in [0.25, 0.3) is 0 Å². The Morgan fingerprint density at radius 2 is 1.83 bits per heavy atom. The maximum atomic E-state index is 12.9. The molecule has 0 atom stereocenters. The first kappa shape index (κ1) is 17.1. The Labute approximate surface area is 145 Å². The monoisotopic (exact) mass is 369 g/mol. The fourth-order valence-electron chi connectivity index (χ4n) is 2.75. The number of piperidine rings is 1. The summed E-state index contributed by atoms with van der Waals surface area (Å²) in [6, 6.07) is 8.36. The van der Waals surface area contributed by atoms with Gasteiger partial charge in [-0.1, -0.05) is 11.6 Å². The number of nitrogens with zero attached hydrogens (tertiary/aromatic N) is 2. The van der Waals surface area contributed by atoms with Gasteiger partial charge in [0, 0.05) is 31.0 Å². The Bertz CT molecular complexity index is 806. The lowest BCUT2D eigenvalue weighted by Gasteiger charge is -2.33. The molecular weight excluding hydrogens is 353 g/mol. The van der Waals surface area contributed by atoms with Crippen molar-refractivity contribution in [3.8, 4) is 0 Å². The lowest BCUT2D eigenvalue weighted by molar-refractivity contribution is 0.460. The molecule has 0 amide bonds. The van der Waals surface area contributed by atoms with E-state index in [1.54, 1.807) is 12.3 Å².